The van der Waals surface area contributed by atoms with Gasteiger partial charge in [-0.2, -0.15) is 13.2 Å². The predicted molar refractivity (Wildman–Crippen MR) is 118 cm³/mol. The van der Waals surface area contributed by atoms with Crippen LogP contribution in [0.25, 0.3) is 0 Å². The lowest BCUT2D eigenvalue weighted by Crippen LogP contribution is -2.29. The summed E-state index contributed by atoms with van der Waals surface area (Å²) >= 11 is 1.18. The highest BCUT2D eigenvalue weighted by Gasteiger charge is 2.30. The Kier molecular flexibility index (Phi) is 13.3. The number of thioether (sulfide) groups is 1. The molecule has 0 saturated carbocycles. The van der Waals surface area contributed by atoms with Gasteiger partial charge in [-0.25, -0.2) is 10.8 Å². The molecule has 156 valence electrons. The molecule has 2 rings (SSSR count). The van der Waals surface area contributed by atoms with E-state index in [1.807, 2.05) is 5.43 Å². The van der Waals surface area contributed by atoms with Crippen LogP contribution in [0.4, 0.5) is 18.9 Å². The molecule has 0 heterocycles. The fourth-order valence-corrected chi connectivity index (χ4v) is 1.82. The highest BCUT2D eigenvalue weighted by molar-refractivity contribution is 14.0. The zero-order valence-electron chi connectivity index (χ0n) is 14.0. The molecule has 0 unspecified atom stereocenters. The number of rotatable bonds is 2. The molecule has 11 heteroatoms. The summed E-state index contributed by atoms with van der Waals surface area (Å²) in [6.07, 6.45) is -2.65. The Morgan fingerprint density at radius 1 is 1.18 bits per heavy atom. The van der Waals surface area contributed by atoms with Crippen LogP contribution in [-0.4, -0.2) is 22.4 Å². The summed E-state index contributed by atoms with van der Waals surface area (Å²) in [6, 6.07) is 10.5. The second kappa shape index (κ2) is 13.2. The van der Waals surface area contributed by atoms with E-state index in [1.54, 1.807) is 6.26 Å². The van der Waals surface area contributed by atoms with Crippen molar-refractivity contribution in [3.05, 3.63) is 59.7 Å². The number of nitrogen functional groups attached to an aromatic ring is 1. The van der Waals surface area contributed by atoms with Crippen LogP contribution in [-0.2, 0) is 6.18 Å². The number of carbonyl (C=O) groups is 1. The highest BCUT2D eigenvalue weighted by atomic mass is 127. The minimum atomic E-state index is -4.35. The predicted octanol–water partition coefficient (Wildman–Crippen LogP) is 4.26. The first kappa shape index (κ1) is 28.2. The molecule has 2 aromatic carbocycles. The summed E-state index contributed by atoms with van der Waals surface area (Å²) in [4.78, 5) is 14.6. The van der Waals surface area contributed by atoms with E-state index in [4.69, 9.17) is 16.7 Å². The number of aromatic hydroxyl groups is 1. The summed E-state index contributed by atoms with van der Waals surface area (Å²) in [5, 5.41) is 9.08. The number of carbonyl (C=O) groups excluding carboxylic acids is 1. The highest BCUT2D eigenvalue weighted by Crippen LogP contribution is 2.31. The van der Waals surface area contributed by atoms with E-state index in [9.17, 15) is 18.0 Å². The van der Waals surface area contributed by atoms with Crippen molar-refractivity contribution in [3.8, 4) is 5.75 Å². The quantitative estimate of drug-likeness (QED) is 0.116. The van der Waals surface area contributed by atoms with Gasteiger partial charge in [0.1, 0.15) is 5.75 Å². The molecule has 6 nitrogen and oxygen atoms in total. The van der Waals surface area contributed by atoms with Gasteiger partial charge in [0.2, 0.25) is 0 Å². The Labute approximate surface area is 182 Å². The van der Waals surface area contributed by atoms with Crippen LogP contribution >= 0.6 is 35.7 Å². The van der Waals surface area contributed by atoms with E-state index < -0.39 is 11.7 Å². The van der Waals surface area contributed by atoms with Gasteiger partial charge in [-0.05, 0) is 48.7 Å². The Morgan fingerprint density at radius 2 is 1.75 bits per heavy atom. The first-order valence-corrected chi connectivity index (χ1v) is 8.25. The van der Waals surface area contributed by atoms with Gasteiger partial charge in [0, 0.05) is 5.56 Å². The Bertz CT molecular complexity index is 772. The molecule has 0 aliphatic rings. The topological polar surface area (TPSA) is 114 Å². The Balaban J connectivity index is 0. The average Bonchev–Trinajstić information content (AvgIpc) is 2.61. The summed E-state index contributed by atoms with van der Waals surface area (Å²) in [5.74, 6) is 4.63. The number of aliphatic imine (C=N–C) groups is 1. The standard InChI is InChI=1S/C9H9F3N2S.C7H8N2O2.CH4.HI/c1-15-8(13)14-7-4-2-3-6(5-7)9(10,11)12;8-9-7(11)5-1-3-6(10)4-2-5;;/h2-5H,1H3,(H2,13,14);1-4,10H,8H2,(H,9,11);1H4;1H. The van der Waals surface area contributed by atoms with Gasteiger partial charge in [0.15, 0.2) is 5.17 Å². The molecule has 28 heavy (non-hydrogen) atoms. The van der Waals surface area contributed by atoms with Crippen LogP contribution in [0.5, 0.6) is 5.75 Å². The van der Waals surface area contributed by atoms with E-state index >= 15 is 0 Å². The summed E-state index contributed by atoms with van der Waals surface area (Å²) in [7, 11) is 0. The third-order valence-corrected chi connectivity index (χ3v) is 3.39. The van der Waals surface area contributed by atoms with Crippen LogP contribution in [0.1, 0.15) is 23.3 Å². The van der Waals surface area contributed by atoms with Gasteiger partial charge in [0.05, 0.1) is 11.3 Å². The normalized spacial score (nSPS) is 10.5. The number of amidine groups is 1. The summed E-state index contributed by atoms with van der Waals surface area (Å²) < 4.78 is 36.9. The number of hydrazine groups is 1. The van der Waals surface area contributed by atoms with E-state index in [1.165, 1.54) is 48.2 Å². The average molecular weight is 530 g/mol. The molecule has 2 aromatic rings. The van der Waals surface area contributed by atoms with Crippen molar-refractivity contribution >= 4 is 52.5 Å². The minimum Gasteiger partial charge on any atom is -0.508 e. The van der Waals surface area contributed by atoms with Crippen LogP contribution in [0.2, 0.25) is 0 Å². The van der Waals surface area contributed by atoms with Crippen molar-refractivity contribution in [1.29, 1.82) is 0 Å². The number of hydrogen-bond acceptors (Lipinski definition) is 5. The Hall–Kier alpha value is -1.99. The van der Waals surface area contributed by atoms with Gasteiger partial charge in [-0.3, -0.25) is 10.2 Å². The summed E-state index contributed by atoms with van der Waals surface area (Å²) in [5.41, 5.74) is 7.28. The fourth-order valence-electron chi connectivity index (χ4n) is 1.62. The molecule has 0 saturated heterocycles. The van der Waals surface area contributed by atoms with Crippen molar-refractivity contribution in [1.82, 2.24) is 5.43 Å². The molecule has 0 aliphatic carbocycles. The third-order valence-electron chi connectivity index (χ3n) is 2.88. The van der Waals surface area contributed by atoms with Gasteiger partial charge in [-0.1, -0.05) is 25.3 Å². The molecular weight excluding hydrogens is 508 g/mol. The molecule has 0 fully saturated rings. The van der Waals surface area contributed by atoms with Crippen molar-refractivity contribution in [2.24, 2.45) is 16.6 Å². The first-order valence-electron chi connectivity index (χ1n) is 7.02. The number of phenols is 1. The number of benzene rings is 2. The maximum atomic E-state index is 12.3. The first-order chi connectivity index (χ1) is 12.2. The molecule has 0 atom stereocenters. The Morgan fingerprint density at radius 3 is 2.21 bits per heavy atom. The second-order valence-corrected chi connectivity index (χ2v) is 5.55. The van der Waals surface area contributed by atoms with E-state index in [2.05, 4.69) is 4.99 Å². The molecule has 0 bridgehead atoms. The number of hydrogen-bond donors (Lipinski definition) is 4. The zero-order valence-corrected chi connectivity index (χ0v) is 17.2. The SMILES string of the molecule is C.CSC(N)=Nc1cccc(C(F)(F)F)c1.I.NNC(=O)c1ccc(O)cc1. The van der Waals surface area contributed by atoms with Crippen LogP contribution in [0.3, 0.4) is 0 Å². The number of alkyl halides is 3. The molecule has 0 spiro atoms. The van der Waals surface area contributed by atoms with Gasteiger partial charge < -0.3 is 10.8 Å². The number of nitrogens with one attached hydrogen (secondary N) is 1. The van der Waals surface area contributed by atoms with E-state index in [0.29, 0.717) is 5.56 Å². The largest absolute Gasteiger partial charge is 0.508 e. The lowest BCUT2D eigenvalue weighted by atomic mass is 10.2. The van der Waals surface area contributed by atoms with Crippen LogP contribution in [0.15, 0.2) is 53.5 Å². The number of phenolic OH excluding ortho intramolecular Hbond substituents is 1. The molecule has 0 radical (unpaired) electrons. The second-order valence-electron chi connectivity index (χ2n) is 4.72. The fraction of sp³-hybridized carbons (Fsp3) is 0.176. The van der Waals surface area contributed by atoms with Gasteiger partial charge in [-0.15, -0.1) is 24.0 Å². The monoisotopic (exact) mass is 530 g/mol. The number of amides is 1. The smallest absolute Gasteiger partial charge is 0.416 e. The van der Waals surface area contributed by atoms with Gasteiger partial charge in [0.25, 0.3) is 5.91 Å². The molecule has 0 aromatic heterocycles. The maximum Gasteiger partial charge on any atom is 0.416 e. The van der Waals surface area contributed by atoms with Crippen LogP contribution in [0, 0.1) is 0 Å². The van der Waals surface area contributed by atoms with Gasteiger partial charge >= 0.3 is 6.18 Å². The number of nitrogens with two attached hydrogens (primary N) is 2. The van der Waals surface area contributed by atoms with Crippen molar-refractivity contribution in [2.75, 3.05) is 6.26 Å². The minimum absolute atomic E-state index is 0. The van der Waals surface area contributed by atoms with E-state index in [0.717, 1.165) is 12.1 Å². The zero-order chi connectivity index (χ0) is 19.7. The third kappa shape index (κ3) is 9.80. The summed E-state index contributed by atoms with van der Waals surface area (Å²) in [6.45, 7) is 0. The van der Waals surface area contributed by atoms with Crippen LogP contribution < -0.4 is 17.0 Å². The lowest BCUT2D eigenvalue weighted by Gasteiger charge is -2.06. The van der Waals surface area contributed by atoms with Crippen molar-refractivity contribution in [2.45, 2.75) is 13.6 Å². The maximum absolute atomic E-state index is 12.3. The molecule has 0 aliphatic heterocycles. The van der Waals surface area contributed by atoms with E-state index in [-0.39, 0.29) is 53.9 Å². The molecular formula is C17H22F3IN4O2S. The lowest BCUT2D eigenvalue weighted by molar-refractivity contribution is -0.137. The number of nitrogens with zero attached hydrogens (tertiary/aromatic N) is 1. The van der Waals surface area contributed by atoms with Crippen molar-refractivity contribution < 1.29 is 23.1 Å². The van der Waals surface area contributed by atoms with Crippen molar-refractivity contribution in [3.63, 3.8) is 0 Å². The number of halogens is 4. The molecule has 6 N–H and O–H groups in total. The molecule has 1 amide bonds.